The lowest BCUT2D eigenvalue weighted by atomic mass is 10.2. The zero-order valence-electron chi connectivity index (χ0n) is 14.3. The van der Waals surface area contributed by atoms with Gasteiger partial charge in [-0.2, -0.15) is 0 Å². The van der Waals surface area contributed by atoms with Crippen LogP contribution < -0.4 is 5.32 Å². The van der Waals surface area contributed by atoms with Gasteiger partial charge in [-0.3, -0.25) is 4.79 Å². The van der Waals surface area contributed by atoms with Crippen LogP contribution in [0.15, 0.2) is 30.3 Å². The number of carbonyl (C=O) groups is 2. The summed E-state index contributed by atoms with van der Waals surface area (Å²) in [7, 11) is 1.39. The Morgan fingerprint density at radius 2 is 1.92 bits per heavy atom. The molecule has 0 aliphatic carbocycles. The van der Waals surface area contributed by atoms with Crippen molar-refractivity contribution >= 4 is 11.9 Å². The molecule has 1 unspecified atom stereocenters. The number of ether oxygens (including phenoxy) is 1. The fraction of sp³-hybridized carbons (Fsp3) is 0.333. The van der Waals surface area contributed by atoms with Crippen molar-refractivity contribution in [2.24, 2.45) is 0 Å². The average molecular weight is 330 g/mol. The van der Waals surface area contributed by atoms with Crippen molar-refractivity contribution in [1.29, 1.82) is 0 Å². The van der Waals surface area contributed by atoms with Crippen LogP contribution in [0.2, 0.25) is 0 Å². The second-order valence-electron chi connectivity index (χ2n) is 5.73. The number of rotatable bonds is 6. The molecule has 1 aromatic heterocycles. The van der Waals surface area contributed by atoms with Crippen molar-refractivity contribution in [1.82, 2.24) is 9.88 Å². The van der Waals surface area contributed by atoms with Crippen LogP contribution in [0.25, 0.3) is 5.69 Å². The molecule has 0 saturated heterocycles. The van der Waals surface area contributed by atoms with Gasteiger partial charge in [0, 0.05) is 24.2 Å². The Bertz CT molecular complexity index is 764. The zero-order chi connectivity index (χ0) is 17.9. The van der Waals surface area contributed by atoms with Crippen LogP contribution in [-0.2, 0) is 9.53 Å². The number of benzene rings is 1. The van der Waals surface area contributed by atoms with Gasteiger partial charge in [-0.15, -0.1) is 0 Å². The summed E-state index contributed by atoms with van der Waals surface area (Å²) in [5.41, 5.74) is 4.22. The Morgan fingerprint density at radius 3 is 2.50 bits per heavy atom. The fourth-order valence-corrected chi connectivity index (χ4v) is 2.76. The first-order valence-corrected chi connectivity index (χ1v) is 7.64. The van der Waals surface area contributed by atoms with Crippen molar-refractivity contribution in [2.75, 3.05) is 13.7 Å². The van der Waals surface area contributed by atoms with Crippen molar-refractivity contribution in [3.05, 3.63) is 52.8 Å². The summed E-state index contributed by atoms with van der Waals surface area (Å²) in [6.07, 6.45) is 0. The summed E-state index contributed by atoms with van der Waals surface area (Å²) in [5.74, 6) is -1.55. The number of nitrogens with one attached hydrogen (secondary N) is 1. The molecule has 0 saturated carbocycles. The van der Waals surface area contributed by atoms with E-state index in [0.717, 1.165) is 22.6 Å². The highest BCUT2D eigenvalue weighted by molar-refractivity contribution is 5.98. The van der Waals surface area contributed by atoms with E-state index in [0.29, 0.717) is 5.56 Å². The highest BCUT2D eigenvalue weighted by Crippen LogP contribution is 2.23. The average Bonchev–Trinajstić information content (AvgIpc) is 2.82. The molecule has 1 atom stereocenters. The minimum absolute atomic E-state index is 0.0857. The molecular formula is C18H22N2O4. The van der Waals surface area contributed by atoms with Crippen LogP contribution in [0, 0.1) is 20.8 Å². The van der Waals surface area contributed by atoms with Gasteiger partial charge in [-0.1, -0.05) is 18.2 Å². The van der Waals surface area contributed by atoms with Gasteiger partial charge < -0.3 is 19.7 Å². The van der Waals surface area contributed by atoms with Gasteiger partial charge in [0.05, 0.1) is 12.2 Å². The van der Waals surface area contributed by atoms with Gasteiger partial charge in [0.25, 0.3) is 5.91 Å². The second-order valence-corrected chi connectivity index (χ2v) is 5.73. The molecule has 6 nitrogen and oxygen atoms in total. The van der Waals surface area contributed by atoms with Crippen molar-refractivity contribution < 1.29 is 19.4 Å². The van der Waals surface area contributed by atoms with Crippen LogP contribution in [0.4, 0.5) is 0 Å². The molecule has 0 bridgehead atoms. The summed E-state index contributed by atoms with van der Waals surface area (Å²) < 4.78 is 6.84. The Morgan fingerprint density at radius 1 is 1.25 bits per heavy atom. The number of aryl methyl sites for hydroxylation is 2. The molecule has 6 heteroatoms. The van der Waals surface area contributed by atoms with Gasteiger partial charge in [-0.05, 0) is 38.5 Å². The number of hydrogen-bond donors (Lipinski definition) is 2. The number of nitrogens with zero attached hydrogens (tertiary/aromatic N) is 1. The topological polar surface area (TPSA) is 80.6 Å². The standard InChI is InChI=1S/C18H22N2O4/c1-11-7-5-6-8-16(11)20-12(2)9-14(13(20)3)17(21)19-15(10-24-4)18(22)23/h5-9,15H,10H2,1-4H3,(H,19,21)(H,22,23). The number of aromatic nitrogens is 1. The van der Waals surface area contributed by atoms with Crippen molar-refractivity contribution in [2.45, 2.75) is 26.8 Å². The number of carbonyl (C=O) groups excluding carboxylic acids is 1. The molecule has 1 amide bonds. The van der Waals surface area contributed by atoms with Crippen LogP contribution in [0.5, 0.6) is 0 Å². The molecule has 0 radical (unpaired) electrons. The maximum Gasteiger partial charge on any atom is 0.328 e. The maximum absolute atomic E-state index is 12.5. The first-order valence-electron chi connectivity index (χ1n) is 7.64. The number of carboxylic acid groups (broad SMARTS) is 1. The lowest BCUT2D eigenvalue weighted by Crippen LogP contribution is -2.43. The lowest BCUT2D eigenvalue weighted by molar-refractivity contribution is -0.140. The molecule has 1 aromatic carbocycles. The fourth-order valence-electron chi connectivity index (χ4n) is 2.76. The van der Waals surface area contributed by atoms with Crippen LogP contribution in [0.3, 0.4) is 0 Å². The van der Waals surface area contributed by atoms with E-state index in [2.05, 4.69) is 5.32 Å². The number of hydrogen-bond acceptors (Lipinski definition) is 3. The quantitative estimate of drug-likeness (QED) is 0.851. The van der Waals surface area contributed by atoms with Crippen molar-refractivity contribution in [3.63, 3.8) is 0 Å². The Balaban J connectivity index is 2.36. The number of methoxy groups -OCH3 is 1. The minimum Gasteiger partial charge on any atom is -0.480 e. The third-order valence-electron chi connectivity index (χ3n) is 3.97. The van der Waals surface area contributed by atoms with E-state index < -0.39 is 17.9 Å². The van der Waals surface area contributed by atoms with Gasteiger partial charge >= 0.3 is 5.97 Å². The van der Waals surface area contributed by atoms with Gasteiger partial charge in [0.1, 0.15) is 0 Å². The largest absolute Gasteiger partial charge is 0.480 e. The van der Waals surface area contributed by atoms with E-state index in [1.54, 1.807) is 6.07 Å². The summed E-state index contributed by atoms with van der Waals surface area (Å²) in [4.78, 5) is 23.7. The summed E-state index contributed by atoms with van der Waals surface area (Å²) in [6.45, 7) is 5.69. The van der Waals surface area contributed by atoms with E-state index in [4.69, 9.17) is 9.84 Å². The lowest BCUT2D eigenvalue weighted by Gasteiger charge is -2.14. The monoisotopic (exact) mass is 330 g/mol. The summed E-state index contributed by atoms with van der Waals surface area (Å²) in [6, 6.07) is 8.59. The SMILES string of the molecule is COCC(NC(=O)c1cc(C)n(-c2ccccc2C)c1C)C(=O)O. The third kappa shape index (κ3) is 3.49. The first-order chi connectivity index (χ1) is 11.4. The smallest absolute Gasteiger partial charge is 0.328 e. The number of amides is 1. The number of aliphatic carboxylic acids is 1. The molecule has 2 rings (SSSR count). The first kappa shape index (κ1) is 17.7. The summed E-state index contributed by atoms with van der Waals surface area (Å²) >= 11 is 0. The van der Waals surface area contributed by atoms with E-state index in [1.165, 1.54) is 7.11 Å². The normalized spacial score (nSPS) is 12.0. The van der Waals surface area contributed by atoms with E-state index >= 15 is 0 Å². The number of para-hydroxylation sites is 1. The third-order valence-corrected chi connectivity index (χ3v) is 3.97. The Kier molecular flexibility index (Phi) is 5.41. The van der Waals surface area contributed by atoms with Crippen LogP contribution >= 0.6 is 0 Å². The van der Waals surface area contributed by atoms with E-state index in [1.807, 2.05) is 49.6 Å². The van der Waals surface area contributed by atoms with Crippen LogP contribution in [0.1, 0.15) is 27.3 Å². The predicted molar refractivity (Wildman–Crippen MR) is 90.7 cm³/mol. The Labute approximate surface area is 141 Å². The molecule has 128 valence electrons. The highest BCUT2D eigenvalue weighted by atomic mass is 16.5. The zero-order valence-corrected chi connectivity index (χ0v) is 14.3. The van der Waals surface area contributed by atoms with E-state index in [-0.39, 0.29) is 6.61 Å². The molecule has 0 aliphatic heterocycles. The van der Waals surface area contributed by atoms with Crippen molar-refractivity contribution in [3.8, 4) is 5.69 Å². The summed E-state index contributed by atoms with van der Waals surface area (Å²) in [5, 5.41) is 11.6. The van der Waals surface area contributed by atoms with E-state index in [9.17, 15) is 9.59 Å². The minimum atomic E-state index is -1.13. The molecule has 0 fully saturated rings. The molecule has 24 heavy (non-hydrogen) atoms. The molecule has 2 N–H and O–H groups in total. The second kappa shape index (κ2) is 7.31. The molecule has 0 spiro atoms. The molecule has 0 aliphatic rings. The molecule has 2 aromatic rings. The molecular weight excluding hydrogens is 308 g/mol. The van der Waals surface area contributed by atoms with Gasteiger partial charge in [0.2, 0.25) is 0 Å². The van der Waals surface area contributed by atoms with Crippen LogP contribution in [-0.4, -0.2) is 41.3 Å². The number of carboxylic acids is 1. The predicted octanol–water partition coefficient (Wildman–Crippen LogP) is 2.23. The highest BCUT2D eigenvalue weighted by Gasteiger charge is 2.23. The molecule has 1 heterocycles. The van der Waals surface area contributed by atoms with Gasteiger partial charge in [-0.25, -0.2) is 4.79 Å². The maximum atomic E-state index is 12.5. The van der Waals surface area contributed by atoms with Gasteiger partial charge in [0.15, 0.2) is 6.04 Å². The Hall–Kier alpha value is -2.60.